The van der Waals surface area contributed by atoms with Crippen molar-refractivity contribution in [3.05, 3.63) is 35.4 Å². The molecular formula is C14H19NO2S. The van der Waals surface area contributed by atoms with Crippen molar-refractivity contribution in [3.63, 3.8) is 0 Å². The summed E-state index contributed by atoms with van der Waals surface area (Å²) < 4.78 is 0. The van der Waals surface area contributed by atoms with Crippen molar-refractivity contribution < 1.29 is 9.90 Å². The number of rotatable bonds is 4. The first-order valence-corrected chi connectivity index (χ1v) is 7.48. The molecular weight excluding hydrogens is 246 g/mol. The molecule has 0 aromatic heterocycles. The predicted octanol–water partition coefficient (Wildman–Crippen LogP) is 2.25. The minimum atomic E-state index is -0.702. The fourth-order valence-electron chi connectivity index (χ4n) is 2.17. The molecule has 1 unspecified atom stereocenters. The zero-order chi connectivity index (χ0) is 13.0. The summed E-state index contributed by atoms with van der Waals surface area (Å²) in [7, 11) is 0. The van der Waals surface area contributed by atoms with Crippen molar-refractivity contribution in [1.82, 2.24) is 4.90 Å². The summed E-state index contributed by atoms with van der Waals surface area (Å²) in [4.78, 5) is 13.3. The Morgan fingerprint density at radius 1 is 1.39 bits per heavy atom. The third-order valence-electron chi connectivity index (χ3n) is 3.34. The van der Waals surface area contributed by atoms with Crippen LogP contribution in [0, 0.1) is 0 Å². The number of benzene rings is 1. The molecule has 0 aliphatic carbocycles. The molecule has 0 radical (unpaired) electrons. The van der Waals surface area contributed by atoms with E-state index >= 15 is 0 Å². The van der Waals surface area contributed by atoms with Crippen LogP contribution in [0.25, 0.3) is 0 Å². The van der Waals surface area contributed by atoms with Gasteiger partial charge in [-0.3, -0.25) is 9.69 Å². The van der Waals surface area contributed by atoms with Crippen LogP contribution in [-0.4, -0.2) is 40.1 Å². The third kappa shape index (κ3) is 3.27. The molecule has 0 bridgehead atoms. The van der Waals surface area contributed by atoms with Gasteiger partial charge in [-0.1, -0.05) is 31.2 Å². The molecule has 0 spiro atoms. The average Bonchev–Trinajstić information content (AvgIpc) is 2.40. The second-order valence-corrected chi connectivity index (χ2v) is 5.72. The number of carboxylic acids is 1. The third-order valence-corrected chi connectivity index (χ3v) is 4.36. The molecule has 4 heteroatoms. The molecule has 2 rings (SSSR count). The number of hydrogen-bond acceptors (Lipinski definition) is 3. The van der Waals surface area contributed by atoms with Gasteiger partial charge in [0.05, 0.1) is 0 Å². The summed E-state index contributed by atoms with van der Waals surface area (Å²) in [6, 6.07) is 8.14. The molecule has 18 heavy (non-hydrogen) atoms. The lowest BCUT2D eigenvalue weighted by Crippen LogP contribution is -2.46. The predicted molar refractivity (Wildman–Crippen MR) is 75.0 cm³/mol. The molecule has 1 aromatic rings. The first kappa shape index (κ1) is 13.4. The van der Waals surface area contributed by atoms with E-state index in [0.717, 1.165) is 25.3 Å². The Morgan fingerprint density at radius 3 is 2.67 bits per heavy atom. The molecule has 0 saturated carbocycles. The Balaban J connectivity index is 2.03. The molecule has 3 nitrogen and oxygen atoms in total. The van der Waals surface area contributed by atoms with Crippen LogP contribution in [0.15, 0.2) is 24.3 Å². The molecule has 98 valence electrons. The Hall–Kier alpha value is -1.00. The van der Waals surface area contributed by atoms with E-state index in [1.165, 1.54) is 11.1 Å². The SMILES string of the molecule is CCc1ccc(CN2CCSCC2C(=O)O)cc1. The smallest absolute Gasteiger partial charge is 0.321 e. The van der Waals surface area contributed by atoms with Gasteiger partial charge in [-0.25, -0.2) is 0 Å². The van der Waals surface area contributed by atoms with Crippen LogP contribution in [0.4, 0.5) is 0 Å². The summed E-state index contributed by atoms with van der Waals surface area (Å²) in [5.41, 5.74) is 2.52. The van der Waals surface area contributed by atoms with Crippen LogP contribution < -0.4 is 0 Å². The van der Waals surface area contributed by atoms with Gasteiger partial charge in [0.1, 0.15) is 6.04 Å². The van der Waals surface area contributed by atoms with Gasteiger partial charge in [-0.2, -0.15) is 11.8 Å². The fraction of sp³-hybridized carbons (Fsp3) is 0.500. The molecule has 1 N–H and O–H groups in total. The number of carboxylic acid groups (broad SMARTS) is 1. The van der Waals surface area contributed by atoms with Crippen molar-refractivity contribution in [2.45, 2.75) is 25.9 Å². The number of carbonyl (C=O) groups is 1. The Labute approximate surface area is 112 Å². The Kier molecular flexibility index (Phi) is 4.66. The average molecular weight is 265 g/mol. The second kappa shape index (κ2) is 6.25. The minimum absolute atomic E-state index is 0.338. The zero-order valence-corrected chi connectivity index (χ0v) is 11.4. The number of thioether (sulfide) groups is 1. The van der Waals surface area contributed by atoms with Gasteiger partial charge in [0.15, 0.2) is 0 Å². The van der Waals surface area contributed by atoms with E-state index in [1.807, 2.05) is 0 Å². The molecule has 1 aliphatic heterocycles. The van der Waals surface area contributed by atoms with Crippen molar-refractivity contribution in [2.75, 3.05) is 18.1 Å². The summed E-state index contributed by atoms with van der Waals surface area (Å²) in [5, 5.41) is 9.21. The lowest BCUT2D eigenvalue weighted by Gasteiger charge is -2.32. The first-order valence-electron chi connectivity index (χ1n) is 6.33. The minimum Gasteiger partial charge on any atom is -0.480 e. The normalized spacial score (nSPS) is 20.8. The summed E-state index contributed by atoms with van der Waals surface area (Å²) in [5.74, 6) is 1.02. The van der Waals surface area contributed by atoms with E-state index < -0.39 is 5.97 Å². The molecule has 1 atom stereocenters. The highest BCUT2D eigenvalue weighted by Crippen LogP contribution is 2.19. The van der Waals surface area contributed by atoms with Crippen molar-refractivity contribution in [1.29, 1.82) is 0 Å². The van der Waals surface area contributed by atoms with Crippen LogP contribution in [0.1, 0.15) is 18.1 Å². The van der Waals surface area contributed by atoms with E-state index in [0.29, 0.717) is 5.75 Å². The maximum Gasteiger partial charge on any atom is 0.321 e. The number of aryl methyl sites for hydroxylation is 1. The topological polar surface area (TPSA) is 40.5 Å². The monoisotopic (exact) mass is 265 g/mol. The van der Waals surface area contributed by atoms with Gasteiger partial charge in [0, 0.05) is 24.6 Å². The fourth-order valence-corrected chi connectivity index (χ4v) is 3.28. The van der Waals surface area contributed by atoms with Gasteiger partial charge in [-0.15, -0.1) is 0 Å². The molecule has 0 amide bonds. The highest BCUT2D eigenvalue weighted by molar-refractivity contribution is 7.99. The zero-order valence-electron chi connectivity index (χ0n) is 10.6. The van der Waals surface area contributed by atoms with Crippen molar-refractivity contribution >= 4 is 17.7 Å². The maximum atomic E-state index is 11.2. The highest BCUT2D eigenvalue weighted by Gasteiger charge is 2.28. The van der Waals surface area contributed by atoms with Crippen LogP contribution in [-0.2, 0) is 17.8 Å². The van der Waals surface area contributed by atoms with E-state index in [4.69, 9.17) is 0 Å². The number of aliphatic carboxylic acids is 1. The van der Waals surface area contributed by atoms with Crippen LogP contribution in [0.2, 0.25) is 0 Å². The largest absolute Gasteiger partial charge is 0.480 e. The van der Waals surface area contributed by atoms with Gasteiger partial charge in [0.2, 0.25) is 0 Å². The van der Waals surface area contributed by atoms with Crippen molar-refractivity contribution in [3.8, 4) is 0 Å². The molecule has 1 heterocycles. The van der Waals surface area contributed by atoms with Gasteiger partial charge >= 0.3 is 5.97 Å². The summed E-state index contributed by atoms with van der Waals surface area (Å²) in [6.07, 6.45) is 1.04. The van der Waals surface area contributed by atoms with Gasteiger partial charge in [-0.05, 0) is 17.5 Å². The lowest BCUT2D eigenvalue weighted by atomic mass is 10.1. The van der Waals surface area contributed by atoms with Gasteiger partial charge in [0.25, 0.3) is 0 Å². The standard InChI is InChI=1S/C14H19NO2S/c1-2-11-3-5-12(6-4-11)9-15-7-8-18-10-13(15)14(16)17/h3-6,13H,2,7-10H2,1H3,(H,16,17). The van der Waals surface area contributed by atoms with E-state index in [9.17, 15) is 9.90 Å². The molecule has 1 aliphatic rings. The van der Waals surface area contributed by atoms with E-state index in [1.54, 1.807) is 11.8 Å². The van der Waals surface area contributed by atoms with Gasteiger partial charge < -0.3 is 5.11 Å². The Bertz CT molecular complexity index is 405. The maximum absolute atomic E-state index is 11.2. The first-order chi connectivity index (χ1) is 8.70. The van der Waals surface area contributed by atoms with E-state index in [-0.39, 0.29) is 6.04 Å². The van der Waals surface area contributed by atoms with Crippen LogP contribution in [0.3, 0.4) is 0 Å². The highest BCUT2D eigenvalue weighted by atomic mass is 32.2. The number of nitrogens with zero attached hydrogens (tertiary/aromatic N) is 1. The quantitative estimate of drug-likeness (QED) is 0.906. The van der Waals surface area contributed by atoms with Crippen molar-refractivity contribution in [2.24, 2.45) is 0 Å². The summed E-state index contributed by atoms with van der Waals surface area (Å²) in [6.45, 7) is 3.73. The van der Waals surface area contributed by atoms with Crippen LogP contribution >= 0.6 is 11.8 Å². The molecule has 1 aromatic carbocycles. The number of hydrogen-bond donors (Lipinski definition) is 1. The lowest BCUT2D eigenvalue weighted by molar-refractivity contribution is -0.142. The Morgan fingerprint density at radius 2 is 2.06 bits per heavy atom. The summed E-state index contributed by atoms with van der Waals surface area (Å²) >= 11 is 1.73. The van der Waals surface area contributed by atoms with E-state index in [2.05, 4.69) is 36.1 Å². The van der Waals surface area contributed by atoms with Crippen LogP contribution in [0.5, 0.6) is 0 Å². The molecule has 1 fully saturated rings. The molecule has 1 saturated heterocycles. The second-order valence-electron chi connectivity index (χ2n) is 4.57.